The van der Waals surface area contributed by atoms with E-state index >= 15 is 0 Å². The van der Waals surface area contributed by atoms with Crippen LogP contribution in [0.4, 0.5) is 14.5 Å². The van der Waals surface area contributed by atoms with Gasteiger partial charge in [0.05, 0.1) is 12.2 Å². The van der Waals surface area contributed by atoms with E-state index < -0.39 is 11.6 Å². The average molecular weight is 283 g/mol. The Morgan fingerprint density at radius 2 is 2.20 bits per heavy atom. The zero-order chi connectivity index (χ0) is 14.7. The minimum atomic E-state index is -0.650. The maximum Gasteiger partial charge on any atom is 0.238 e. The summed E-state index contributed by atoms with van der Waals surface area (Å²) in [5.74, 6) is -1.17. The van der Waals surface area contributed by atoms with E-state index in [2.05, 4.69) is 12.2 Å². The zero-order valence-electron chi connectivity index (χ0n) is 11.4. The number of carbonyl (C=O) groups is 1. The van der Waals surface area contributed by atoms with Gasteiger partial charge >= 0.3 is 0 Å². The van der Waals surface area contributed by atoms with E-state index in [0.29, 0.717) is 12.5 Å². The molecule has 1 aliphatic heterocycles. The first-order valence-electron chi connectivity index (χ1n) is 6.67. The predicted molar refractivity (Wildman–Crippen MR) is 73.2 cm³/mol. The molecule has 1 aromatic carbocycles. The molecule has 1 aliphatic rings. The first kappa shape index (κ1) is 14.9. The Morgan fingerprint density at radius 3 is 2.90 bits per heavy atom. The Kier molecular flexibility index (Phi) is 4.67. The molecule has 0 saturated carbocycles. The van der Waals surface area contributed by atoms with Gasteiger partial charge in [-0.05, 0) is 24.5 Å². The summed E-state index contributed by atoms with van der Waals surface area (Å²) >= 11 is 0. The van der Waals surface area contributed by atoms with Crippen molar-refractivity contribution in [1.29, 1.82) is 0 Å². The van der Waals surface area contributed by atoms with Crippen LogP contribution in [-0.2, 0) is 4.79 Å². The highest BCUT2D eigenvalue weighted by Crippen LogP contribution is 2.17. The molecule has 1 heterocycles. The van der Waals surface area contributed by atoms with Crippen LogP contribution in [0, 0.1) is 17.6 Å². The van der Waals surface area contributed by atoms with E-state index in [4.69, 9.17) is 5.73 Å². The van der Waals surface area contributed by atoms with Crippen LogP contribution in [0.15, 0.2) is 18.2 Å². The summed E-state index contributed by atoms with van der Waals surface area (Å²) < 4.78 is 26.4. The summed E-state index contributed by atoms with van der Waals surface area (Å²) in [4.78, 5) is 13.8. The van der Waals surface area contributed by atoms with Crippen molar-refractivity contribution >= 4 is 11.6 Å². The van der Waals surface area contributed by atoms with Gasteiger partial charge in [-0.15, -0.1) is 0 Å². The standard InChI is InChI=1S/C14H19F2N3O/c1-9-4-11(17)7-19(6-9)8-14(20)18-13-5-10(15)2-3-12(13)16/h2-3,5,9,11H,4,6-8,17H2,1H3,(H,18,20). The van der Waals surface area contributed by atoms with Crippen molar-refractivity contribution in [3.8, 4) is 0 Å². The third-order valence-electron chi connectivity index (χ3n) is 3.34. The summed E-state index contributed by atoms with van der Waals surface area (Å²) in [6.45, 7) is 3.64. The molecule has 2 atom stereocenters. The molecule has 4 nitrogen and oxygen atoms in total. The van der Waals surface area contributed by atoms with Crippen molar-refractivity contribution in [2.75, 3.05) is 25.0 Å². The Bertz CT molecular complexity index is 485. The summed E-state index contributed by atoms with van der Waals surface area (Å²) in [5, 5.41) is 2.39. The second-order valence-corrected chi connectivity index (χ2v) is 5.47. The van der Waals surface area contributed by atoms with Crippen LogP contribution < -0.4 is 11.1 Å². The van der Waals surface area contributed by atoms with Crippen LogP contribution >= 0.6 is 0 Å². The second kappa shape index (κ2) is 6.28. The Labute approximate surface area is 116 Å². The van der Waals surface area contributed by atoms with Crippen LogP contribution in [0.2, 0.25) is 0 Å². The molecule has 1 fully saturated rings. The second-order valence-electron chi connectivity index (χ2n) is 5.47. The van der Waals surface area contributed by atoms with E-state index in [1.807, 2.05) is 4.90 Å². The summed E-state index contributed by atoms with van der Waals surface area (Å²) in [6.07, 6.45) is 0.941. The van der Waals surface area contributed by atoms with E-state index in [9.17, 15) is 13.6 Å². The first-order chi connectivity index (χ1) is 9.44. The smallest absolute Gasteiger partial charge is 0.238 e. The highest BCUT2D eigenvalue weighted by molar-refractivity contribution is 5.92. The lowest BCUT2D eigenvalue weighted by Crippen LogP contribution is -2.48. The number of benzene rings is 1. The molecule has 6 heteroatoms. The minimum Gasteiger partial charge on any atom is -0.327 e. The van der Waals surface area contributed by atoms with Gasteiger partial charge in [0.15, 0.2) is 0 Å². The molecule has 1 saturated heterocycles. The summed E-state index contributed by atoms with van der Waals surface area (Å²) in [5.41, 5.74) is 5.77. The molecular weight excluding hydrogens is 264 g/mol. The van der Waals surface area contributed by atoms with Crippen molar-refractivity contribution in [3.63, 3.8) is 0 Å². The number of likely N-dealkylation sites (tertiary alicyclic amines) is 1. The van der Waals surface area contributed by atoms with Crippen LogP contribution in [0.25, 0.3) is 0 Å². The molecule has 0 aliphatic carbocycles. The molecule has 0 aromatic heterocycles. The number of carbonyl (C=O) groups excluding carboxylic acids is 1. The lowest BCUT2D eigenvalue weighted by atomic mass is 9.97. The molecule has 1 aromatic rings. The van der Waals surface area contributed by atoms with Gasteiger partial charge in [-0.3, -0.25) is 9.69 Å². The molecule has 0 bridgehead atoms. The third-order valence-corrected chi connectivity index (χ3v) is 3.34. The number of nitrogens with zero attached hydrogens (tertiary/aromatic N) is 1. The number of hydrogen-bond donors (Lipinski definition) is 2. The van der Waals surface area contributed by atoms with Crippen LogP contribution in [0.1, 0.15) is 13.3 Å². The van der Waals surface area contributed by atoms with Gasteiger partial charge in [0.25, 0.3) is 0 Å². The number of rotatable bonds is 3. The van der Waals surface area contributed by atoms with Crippen molar-refractivity contribution in [2.45, 2.75) is 19.4 Å². The Morgan fingerprint density at radius 1 is 1.45 bits per heavy atom. The fourth-order valence-electron chi connectivity index (χ4n) is 2.63. The van der Waals surface area contributed by atoms with Crippen LogP contribution in [0.5, 0.6) is 0 Å². The van der Waals surface area contributed by atoms with E-state index in [1.54, 1.807) is 0 Å². The van der Waals surface area contributed by atoms with Gasteiger partial charge in [0.1, 0.15) is 11.6 Å². The minimum absolute atomic E-state index is 0.0532. The van der Waals surface area contributed by atoms with Gasteiger partial charge in [0, 0.05) is 25.2 Å². The summed E-state index contributed by atoms with van der Waals surface area (Å²) in [6, 6.07) is 3.02. The number of hydrogen-bond acceptors (Lipinski definition) is 3. The highest BCUT2D eigenvalue weighted by atomic mass is 19.1. The van der Waals surface area contributed by atoms with E-state index in [0.717, 1.165) is 31.2 Å². The third kappa shape index (κ3) is 3.98. The van der Waals surface area contributed by atoms with Crippen LogP contribution in [-0.4, -0.2) is 36.5 Å². The van der Waals surface area contributed by atoms with Gasteiger partial charge in [-0.2, -0.15) is 0 Å². The lowest BCUT2D eigenvalue weighted by molar-refractivity contribution is -0.117. The highest BCUT2D eigenvalue weighted by Gasteiger charge is 2.23. The number of anilines is 1. The largest absolute Gasteiger partial charge is 0.327 e. The Hall–Kier alpha value is -1.53. The van der Waals surface area contributed by atoms with Crippen molar-refractivity contribution in [1.82, 2.24) is 4.90 Å². The fourth-order valence-corrected chi connectivity index (χ4v) is 2.63. The van der Waals surface area contributed by atoms with E-state index in [1.165, 1.54) is 0 Å². The predicted octanol–water partition coefficient (Wildman–Crippen LogP) is 1.57. The maximum atomic E-state index is 13.4. The topological polar surface area (TPSA) is 58.4 Å². The number of halogens is 2. The van der Waals surface area contributed by atoms with E-state index in [-0.39, 0.29) is 24.2 Å². The molecule has 20 heavy (non-hydrogen) atoms. The molecule has 110 valence electrons. The average Bonchev–Trinajstić information content (AvgIpc) is 2.32. The normalized spacial score (nSPS) is 23.6. The number of piperidine rings is 1. The van der Waals surface area contributed by atoms with Gasteiger partial charge in [-0.1, -0.05) is 6.92 Å². The lowest BCUT2D eigenvalue weighted by Gasteiger charge is -2.34. The fraction of sp³-hybridized carbons (Fsp3) is 0.500. The zero-order valence-corrected chi connectivity index (χ0v) is 11.4. The monoisotopic (exact) mass is 283 g/mol. The quantitative estimate of drug-likeness (QED) is 0.885. The molecule has 0 spiro atoms. The van der Waals surface area contributed by atoms with Crippen molar-refractivity contribution in [3.05, 3.63) is 29.8 Å². The molecule has 0 radical (unpaired) electrons. The molecule has 3 N–H and O–H groups in total. The number of nitrogens with one attached hydrogen (secondary N) is 1. The molecule has 2 rings (SSSR count). The molecular formula is C14H19F2N3O. The first-order valence-corrected chi connectivity index (χ1v) is 6.67. The number of nitrogens with two attached hydrogens (primary N) is 1. The molecule has 1 amide bonds. The van der Waals surface area contributed by atoms with Gasteiger partial charge in [0.2, 0.25) is 5.91 Å². The van der Waals surface area contributed by atoms with Crippen LogP contribution in [0.3, 0.4) is 0 Å². The molecule has 2 unspecified atom stereocenters. The SMILES string of the molecule is CC1CC(N)CN(CC(=O)Nc2cc(F)ccc2F)C1. The van der Waals surface area contributed by atoms with Crippen molar-refractivity contribution in [2.24, 2.45) is 11.7 Å². The number of amides is 1. The maximum absolute atomic E-state index is 13.4. The van der Waals surface area contributed by atoms with Gasteiger partial charge < -0.3 is 11.1 Å². The Balaban J connectivity index is 1.93. The van der Waals surface area contributed by atoms with Crippen molar-refractivity contribution < 1.29 is 13.6 Å². The van der Waals surface area contributed by atoms with Gasteiger partial charge in [-0.25, -0.2) is 8.78 Å². The summed E-state index contributed by atoms with van der Waals surface area (Å²) in [7, 11) is 0.